The molecule has 0 amide bonds. The highest BCUT2D eigenvalue weighted by Crippen LogP contribution is 2.38. The highest BCUT2D eigenvalue weighted by molar-refractivity contribution is 6.21. The summed E-state index contributed by atoms with van der Waals surface area (Å²) < 4.78 is 0. The minimum absolute atomic E-state index is 0.0552. The Morgan fingerprint density at radius 1 is 0.900 bits per heavy atom. The molecule has 0 heterocycles. The Bertz CT molecular complexity index is 640. The number of benzene rings is 2. The summed E-state index contributed by atoms with van der Waals surface area (Å²) in [5.41, 5.74) is 3.11. The van der Waals surface area contributed by atoms with Gasteiger partial charge in [-0.1, -0.05) is 73.7 Å². The molecule has 0 spiro atoms. The average molecular weight is 262 g/mol. The number of allylic oxidation sites excluding steroid dienone is 2. The van der Waals surface area contributed by atoms with Crippen LogP contribution in [0.3, 0.4) is 0 Å². The van der Waals surface area contributed by atoms with Crippen LogP contribution in [0, 0.1) is 0 Å². The third kappa shape index (κ3) is 2.32. The second-order valence-corrected chi connectivity index (χ2v) is 5.63. The fraction of sp³-hybridized carbons (Fsp3) is 0.211. The van der Waals surface area contributed by atoms with Gasteiger partial charge in [0.1, 0.15) is 0 Å². The zero-order valence-corrected chi connectivity index (χ0v) is 11.7. The molecule has 0 saturated carbocycles. The lowest BCUT2D eigenvalue weighted by Gasteiger charge is -2.31. The van der Waals surface area contributed by atoms with Gasteiger partial charge < -0.3 is 0 Å². The van der Waals surface area contributed by atoms with Crippen LogP contribution in [0.4, 0.5) is 0 Å². The van der Waals surface area contributed by atoms with E-state index in [1.165, 1.54) is 5.56 Å². The van der Waals surface area contributed by atoms with E-state index < -0.39 is 0 Å². The molecule has 0 fully saturated rings. The summed E-state index contributed by atoms with van der Waals surface area (Å²) in [6, 6.07) is 20.4. The summed E-state index contributed by atoms with van der Waals surface area (Å²) in [5, 5.41) is 0. The van der Waals surface area contributed by atoms with Crippen LogP contribution < -0.4 is 0 Å². The van der Waals surface area contributed by atoms with Crippen molar-refractivity contribution < 1.29 is 4.79 Å². The van der Waals surface area contributed by atoms with Crippen LogP contribution in [0.5, 0.6) is 0 Å². The van der Waals surface area contributed by atoms with E-state index in [1.54, 1.807) is 0 Å². The summed E-state index contributed by atoms with van der Waals surface area (Å²) in [4.78, 5) is 12.2. The molecule has 0 aromatic heterocycles. The Morgan fingerprint density at radius 2 is 1.50 bits per heavy atom. The number of hydrogen-bond donors (Lipinski definition) is 0. The van der Waals surface area contributed by atoms with Crippen molar-refractivity contribution >= 4 is 11.4 Å². The van der Waals surface area contributed by atoms with E-state index in [9.17, 15) is 4.79 Å². The molecule has 3 rings (SSSR count). The van der Waals surface area contributed by atoms with Gasteiger partial charge in [-0.25, -0.2) is 0 Å². The number of Topliss-reactive ketones (excluding diaryl/α,β-unsaturated/α-hetero) is 1. The third-order valence-electron chi connectivity index (χ3n) is 4.15. The van der Waals surface area contributed by atoms with E-state index in [0.29, 0.717) is 6.42 Å². The Hall–Kier alpha value is -2.15. The van der Waals surface area contributed by atoms with Gasteiger partial charge in [0, 0.05) is 17.4 Å². The first kappa shape index (κ1) is 12.9. The Morgan fingerprint density at radius 3 is 2.15 bits per heavy atom. The first-order valence-corrected chi connectivity index (χ1v) is 7.06. The lowest BCUT2D eigenvalue weighted by atomic mass is 9.71. The molecule has 1 aliphatic rings. The van der Waals surface area contributed by atoms with Crippen LogP contribution in [0.15, 0.2) is 66.7 Å². The van der Waals surface area contributed by atoms with Gasteiger partial charge in [-0.05, 0) is 17.5 Å². The Labute approximate surface area is 120 Å². The zero-order chi connectivity index (χ0) is 14.0. The second kappa shape index (κ2) is 5.09. The molecule has 100 valence electrons. The molecule has 1 nitrogen and oxygen atoms in total. The molecule has 0 N–H and O–H groups in total. The van der Waals surface area contributed by atoms with Crippen molar-refractivity contribution in [3.63, 3.8) is 0 Å². The maximum atomic E-state index is 12.2. The second-order valence-electron chi connectivity index (χ2n) is 5.63. The van der Waals surface area contributed by atoms with Crippen molar-refractivity contribution in [3.05, 3.63) is 77.9 Å². The van der Waals surface area contributed by atoms with Crippen molar-refractivity contribution in [2.24, 2.45) is 0 Å². The van der Waals surface area contributed by atoms with Crippen LogP contribution in [0.1, 0.15) is 30.9 Å². The van der Waals surface area contributed by atoms with E-state index in [1.807, 2.05) is 36.4 Å². The van der Waals surface area contributed by atoms with E-state index in [2.05, 4.69) is 37.3 Å². The molecule has 0 bridgehead atoms. The monoisotopic (exact) mass is 262 g/mol. The van der Waals surface area contributed by atoms with Crippen LogP contribution in [-0.2, 0) is 10.2 Å². The lowest BCUT2D eigenvalue weighted by Crippen LogP contribution is -2.26. The van der Waals surface area contributed by atoms with E-state index in [4.69, 9.17) is 0 Å². The minimum Gasteiger partial charge on any atom is -0.294 e. The van der Waals surface area contributed by atoms with Gasteiger partial charge in [-0.2, -0.15) is 0 Å². The van der Waals surface area contributed by atoms with Gasteiger partial charge in [0.2, 0.25) is 0 Å². The first-order chi connectivity index (χ1) is 9.69. The summed E-state index contributed by atoms with van der Waals surface area (Å²) in [6.07, 6.45) is 3.65. The van der Waals surface area contributed by atoms with Gasteiger partial charge in [0.25, 0.3) is 0 Å². The average Bonchev–Trinajstić information content (AvgIpc) is 2.52. The lowest BCUT2D eigenvalue weighted by molar-refractivity contribution is -0.114. The maximum Gasteiger partial charge on any atom is 0.163 e. The van der Waals surface area contributed by atoms with Crippen molar-refractivity contribution in [1.82, 2.24) is 0 Å². The molecule has 20 heavy (non-hydrogen) atoms. The van der Waals surface area contributed by atoms with Gasteiger partial charge in [-0.15, -0.1) is 0 Å². The highest BCUT2D eigenvalue weighted by atomic mass is 16.1. The van der Waals surface area contributed by atoms with Gasteiger partial charge in [0.05, 0.1) is 0 Å². The number of rotatable bonds is 2. The van der Waals surface area contributed by atoms with Crippen molar-refractivity contribution in [2.75, 3.05) is 0 Å². The van der Waals surface area contributed by atoms with Crippen LogP contribution in [0.25, 0.3) is 5.57 Å². The molecule has 1 atom stereocenters. The Balaban J connectivity index is 2.07. The topological polar surface area (TPSA) is 17.1 Å². The molecule has 1 aliphatic carbocycles. The summed E-state index contributed by atoms with van der Waals surface area (Å²) in [7, 11) is 0. The summed E-state index contributed by atoms with van der Waals surface area (Å²) >= 11 is 0. The maximum absolute atomic E-state index is 12.2. The fourth-order valence-corrected chi connectivity index (χ4v) is 2.89. The van der Waals surface area contributed by atoms with Crippen LogP contribution >= 0.6 is 0 Å². The molecule has 0 aliphatic heterocycles. The molecule has 2 aromatic carbocycles. The van der Waals surface area contributed by atoms with Crippen molar-refractivity contribution in [1.29, 1.82) is 0 Å². The van der Waals surface area contributed by atoms with E-state index >= 15 is 0 Å². The fourth-order valence-electron chi connectivity index (χ4n) is 2.89. The van der Waals surface area contributed by atoms with E-state index in [0.717, 1.165) is 17.6 Å². The van der Waals surface area contributed by atoms with Gasteiger partial charge in [-0.3, -0.25) is 4.79 Å². The third-order valence-corrected chi connectivity index (χ3v) is 4.15. The van der Waals surface area contributed by atoms with Crippen LogP contribution in [0.2, 0.25) is 0 Å². The molecular weight excluding hydrogens is 244 g/mol. The molecule has 1 heteroatoms. The molecule has 0 saturated heterocycles. The molecule has 1 unspecified atom stereocenters. The van der Waals surface area contributed by atoms with Crippen molar-refractivity contribution in [3.8, 4) is 0 Å². The number of ketones is 1. The smallest absolute Gasteiger partial charge is 0.163 e. The van der Waals surface area contributed by atoms with Crippen molar-refractivity contribution in [2.45, 2.75) is 25.2 Å². The molecular formula is C19H18O. The van der Waals surface area contributed by atoms with Gasteiger partial charge >= 0.3 is 0 Å². The highest BCUT2D eigenvalue weighted by Gasteiger charge is 2.31. The standard InChI is InChI=1S/C19H18O/c1-19(16-10-6-3-7-11-16)13-12-18(20)17(14-19)15-8-4-2-5-9-15/h2-11,14H,12-13H2,1H3. The number of carbonyl (C=O) groups excluding carboxylic acids is 1. The Kier molecular flexibility index (Phi) is 3.27. The predicted molar refractivity (Wildman–Crippen MR) is 82.5 cm³/mol. The van der Waals surface area contributed by atoms with Gasteiger partial charge in [0.15, 0.2) is 5.78 Å². The summed E-state index contributed by atoms with van der Waals surface area (Å²) in [6.45, 7) is 2.22. The first-order valence-electron chi connectivity index (χ1n) is 7.06. The van der Waals surface area contributed by atoms with E-state index in [-0.39, 0.29) is 11.2 Å². The zero-order valence-electron chi connectivity index (χ0n) is 11.7. The minimum atomic E-state index is -0.0552. The molecule has 0 radical (unpaired) electrons. The quantitative estimate of drug-likeness (QED) is 0.784. The largest absolute Gasteiger partial charge is 0.294 e. The SMILES string of the molecule is CC1(c2ccccc2)C=C(c2ccccc2)C(=O)CC1. The molecule has 2 aromatic rings. The number of hydrogen-bond acceptors (Lipinski definition) is 1. The van der Waals surface area contributed by atoms with Crippen LogP contribution in [-0.4, -0.2) is 5.78 Å². The summed E-state index contributed by atoms with van der Waals surface area (Å²) in [5.74, 6) is 0.254. The number of carbonyl (C=O) groups is 1. The normalized spacial score (nSPS) is 22.4. The predicted octanol–water partition coefficient (Wildman–Crippen LogP) is 4.39.